The number of nitrogens with zero attached hydrogens (tertiary/aromatic N) is 2. The zero-order valence-electron chi connectivity index (χ0n) is 9.61. The number of benzene rings is 1. The molecule has 0 fully saturated rings. The predicted octanol–water partition coefficient (Wildman–Crippen LogP) is 1.76. The van der Waals surface area contributed by atoms with Crippen LogP contribution in [0.5, 0.6) is 0 Å². The van der Waals surface area contributed by atoms with Gasteiger partial charge in [0.25, 0.3) is 6.43 Å². The number of halogens is 3. The van der Waals surface area contributed by atoms with Gasteiger partial charge in [-0.25, -0.2) is 13.2 Å². The van der Waals surface area contributed by atoms with E-state index < -0.39 is 18.8 Å². The molecule has 98 valence electrons. The molecule has 1 N–H and O–H groups in total. The highest BCUT2D eigenvalue weighted by atomic mass is 19.3. The fourth-order valence-corrected chi connectivity index (χ4v) is 1.64. The van der Waals surface area contributed by atoms with Crippen molar-refractivity contribution in [2.45, 2.75) is 13.0 Å². The highest BCUT2D eigenvalue weighted by Gasteiger charge is 2.13. The lowest BCUT2D eigenvalue weighted by atomic mass is 10.1. The monoisotopic (exact) mass is 258 g/mol. The molecule has 0 aliphatic heterocycles. The third-order valence-electron chi connectivity index (χ3n) is 2.31. The van der Waals surface area contributed by atoms with E-state index in [9.17, 15) is 13.2 Å². The third-order valence-corrected chi connectivity index (χ3v) is 2.31. The van der Waals surface area contributed by atoms with Crippen molar-refractivity contribution in [1.29, 1.82) is 5.26 Å². The molecule has 0 bridgehead atoms. The fourth-order valence-electron chi connectivity index (χ4n) is 1.64. The van der Waals surface area contributed by atoms with E-state index in [1.165, 1.54) is 17.0 Å². The number of nitriles is 1. The van der Waals surface area contributed by atoms with Crippen LogP contribution in [-0.2, 0) is 6.54 Å². The Balaban J connectivity index is 2.79. The summed E-state index contributed by atoms with van der Waals surface area (Å²) in [6, 6.07) is 5.51. The van der Waals surface area contributed by atoms with Gasteiger partial charge in [0.15, 0.2) is 0 Å². The van der Waals surface area contributed by atoms with Gasteiger partial charge in [-0.2, -0.15) is 5.26 Å². The SMILES string of the molecule is N#Cc1cc(F)cc(CN(CCO)CC(F)F)c1. The summed E-state index contributed by atoms with van der Waals surface area (Å²) in [6.45, 7) is -0.619. The fraction of sp³-hybridized carbons (Fsp3) is 0.417. The summed E-state index contributed by atoms with van der Waals surface area (Å²) >= 11 is 0. The molecule has 1 rings (SSSR count). The minimum Gasteiger partial charge on any atom is -0.395 e. The van der Waals surface area contributed by atoms with Crippen LogP contribution in [0.1, 0.15) is 11.1 Å². The Labute approximate surface area is 103 Å². The van der Waals surface area contributed by atoms with E-state index in [-0.39, 0.29) is 25.3 Å². The van der Waals surface area contributed by atoms with Gasteiger partial charge in [0, 0.05) is 13.1 Å². The molecular weight excluding hydrogens is 245 g/mol. The van der Waals surface area contributed by atoms with Crippen LogP contribution < -0.4 is 0 Å². The molecule has 6 heteroatoms. The van der Waals surface area contributed by atoms with Crippen molar-refractivity contribution < 1.29 is 18.3 Å². The summed E-state index contributed by atoms with van der Waals surface area (Å²) in [5, 5.41) is 17.4. The van der Waals surface area contributed by atoms with Crippen LogP contribution >= 0.6 is 0 Å². The number of hydrogen-bond donors (Lipinski definition) is 1. The lowest BCUT2D eigenvalue weighted by Gasteiger charge is -2.20. The second-order valence-corrected chi connectivity index (χ2v) is 3.81. The number of rotatable bonds is 6. The first-order valence-electron chi connectivity index (χ1n) is 5.36. The van der Waals surface area contributed by atoms with E-state index in [0.29, 0.717) is 5.56 Å². The van der Waals surface area contributed by atoms with Crippen molar-refractivity contribution in [2.24, 2.45) is 0 Å². The molecule has 3 nitrogen and oxygen atoms in total. The second-order valence-electron chi connectivity index (χ2n) is 3.81. The van der Waals surface area contributed by atoms with Crippen molar-refractivity contribution >= 4 is 0 Å². The standard InChI is InChI=1S/C12H13F3N2O/c13-11-4-9(6-16)3-10(5-11)7-17(1-2-18)8-12(14)15/h3-5,12,18H,1-2,7-8H2. The smallest absolute Gasteiger partial charge is 0.251 e. The van der Waals surface area contributed by atoms with Gasteiger partial charge in [0.2, 0.25) is 0 Å². The Bertz CT molecular complexity index is 432. The maximum Gasteiger partial charge on any atom is 0.251 e. The third kappa shape index (κ3) is 4.73. The maximum absolute atomic E-state index is 13.1. The van der Waals surface area contributed by atoms with Gasteiger partial charge in [-0.1, -0.05) is 0 Å². The van der Waals surface area contributed by atoms with Crippen LogP contribution in [0.15, 0.2) is 18.2 Å². The van der Waals surface area contributed by atoms with E-state index in [0.717, 1.165) is 6.07 Å². The van der Waals surface area contributed by atoms with Crippen LogP contribution in [0.4, 0.5) is 13.2 Å². The van der Waals surface area contributed by atoms with Gasteiger partial charge in [0.05, 0.1) is 24.8 Å². The van der Waals surface area contributed by atoms with Crippen LogP contribution in [0, 0.1) is 17.1 Å². The first-order chi connectivity index (χ1) is 8.55. The highest BCUT2D eigenvalue weighted by molar-refractivity contribution is 5.33. The normalized spacial score (nSPS) is 10.9. The van der Waals surface area contributed by atoms with Crippen LogP contribution in [0.25, 0.3) is 0 Å². The van der Waals surface area contributed by atoms with Crippen molar-refractivity contribution in [3.63, 3.8) is 0 Å². The van der Waals surface area contributed by atoms with Crippen LogP contribution in [0.3, 0.4) is 0 Å². The molecule has 0 heterocycles. The summed E-state index contributed by atoms with van der Waals surface area (Å²) in [5.41, 5.74) is 0.576. The zero-order chi connectivity index (χ0) is 13.5. The van der Waals surface area contributed by atoms with Crippen LogP contribution in [-0.4, -0.2) is 36.1 Å². The Morgan fingerprint density at radius 1 is 1.33 bits per heavy atom. The van der Waals surface area contributed by atoms with Gasteiger partial charge in [-0.05, 0) is 23.8 Å². The van der Waals surface area contributed by atoms with E-state index in [4.69, 9.17) is 10.4 Å². The van der Waals surface area contributed by atoms with Crippen molar-refractivity contribution in [3.05, 3.63) is 35.1 Å². The quantitative estimate of drug-likeness (QED) is 0.845. The minimum absolute atomic E-state index is 0.0668. The van der Waals surface area contributed by atoms with E-state index in [2.05, 4.69) is 0 Å². The summed E-state index contributed by atoms with van der Waals surface area (Å²) in [4.78, 5) is 1.31. The molecule has 0 atom stereocenters. The van der Waals surface area contributed by atoms with Gasteiger partial charge in [0.1, 0.15) is 5.82 Å². The summed E-state index contributed by atoms with van der Waals surface area (Å²) in [7, 11) is 0. The minimum atomic E-state index is -2.53. The van der Waals surface area contributed by atoms with E-state index in [1.54, 1.807) is 6.07 Å². The zero-order valence-corrected chi connectivity index (χ0v) is 9.61. The topological polar surface area (TPSA) is 47.3 Å². The largest absolute Gasteiger partial charge is 0.395 e. The Hall–Kier alpha value is -1.58. The maximum atomic E-state index is 13.1. The Kier molecular flexibility index (Phi) is 5.62. The summed E-state index contributed by atoms with van der Waals surface area (Å²) in [6.07, 6.45) is -2.53. The predicted molar refractivity (Wildman–Crippen MR) is 59.5 cm³/mol. The molecule has 0 aliphatic carbocycles. The molecule has 0 saturated carbocycles. The second kappa shape index (κ2) is 6.99. The van der Waals surface area contributed by atoms with E-state index in [1.807, 2.05) is 0 Å². The van der Waals surface area contributed by atoms with Crippen molar-refractivity contribution in [1.82, 2.24) is 4.90 Å². The highest BCUT2D eigenvalue weighted by Crippen LogP contribution is 2.12. The molecule has 18 heavy (non-hydrogen) atoms. The summed E-state index contributed by atoms with van der Waals surface area (Å²) < 4.78 is 37.7. The van der Waals surface area contributed by atoms with Gasteiger partial charge < -0.3 is 5.11 Å². The Morgan fingerprint density at radius 2 is 2.06 bits per heavy atom. The van der Waals surface area contributed by atoms with E-state index >= 15 is 0 Å². The molecule has 1 aromatic rings. The molecule has 0 saturated heterocycles. The molecule has 0 unspecified atom stereocenters. The molecule has 0 spiro atoms. The average molecular weight is 258 g/mol. The first-order valence-corrected chi connectivity index (χ1v) is 5.36. The van der Waals surface area contributed by atoms with Crippen molar-refractivity contribution in [3.8, 4) is 6.07 Å². The van der Waals surface area contributed by atoms with Gasteiger partial charge >= 0.3 is 0 Å². The molecule has 1 aromatic carbocycles. The Morgan fingerprint density at radius 3 is 2.61 bits per heavy atom. The molecule has 0 aromatic heterocycles. The average Bonchev–Trinajstić information content (AvgIpc) is 2.27. The lowest BCUT2D eigenvalue weighted by molar-refractivity contribution is 0.0746. The number of aliphatic hydroxyl groups excluding tert-OH is 1. The molecular formula is C12H13F3N2O. The molecule has 0 aliphatic rings. The number of alkyl halides is 2. The van der Waals surface area contributed by atoms with Crippen molar-refractivity contribution in [2.75, 3.05) is 19.7 Å². The van der Waals surface area contributed by atoms with Gasteiger partial charge in [-0.3, -0.25) is 4.90 Å². The van der Waals surface area contributed by atoms with Gasteiger partial charge in [-0.15, -0.1) is 0 Å². The first kappa shape index (κ1) is 14.5. The number of hydrogen-bond acceptors (Lipinski definition) is 3. The number of aliphatic hydroxyl groups is 1. The molecule has 0 radical (unpaired) electrons. The molecule has 0 amide bonds. The summed E-state index contributed by atoms with van der Waals surface area (Å²) in [5.74, 6) is -0.579. The lowest BCUT2D eigenvalue weighted by Crippen LogP contribution is -2.31. The van der Waals surface area contributed by atoms with Crippen LogP contribution in [0.2, 0.25) is 0 Å².